The number of halogens is 2. The first-order valence-electron chi connectivity index (χ1n) is 9.69. The third-order valence-corrected chi connectivity index (χ3v) is 8.13. The Morgan fingerprint density at radius 1 is 0.906 bits per heavy atom. The number of para-hydroxylation sites is 1. The van der Waals surface area contributed by atoms with Crippen molar-refractivity contribution in [3.8, 4) is 5.69 Å². The molecule has 0 spiro atoms. The first-order chi connectivity index (χ1) is 15.3. The van der Waals surface area contributed by atoms with E-state index in [0.717, 1.165) is 16.8 Å². The van der Waals surface area contributed by atoms with Crippen molar-refractivity contribution in [2.24, 2.45) is 0 Å². The number of benzene rings is 3. The summed E-state index contributed by atoms with van der Waals surface area (Å²) in [6, 6.07) is 21.7. The quantitative estimate of drug-likeness (QED) is 0.283. The van der Waals surface area contributed by atoms with Crippen molar-refractivity contribution >= 4 is 44.8 Å². The van der Waals surface area contributed by atoms with Crippen LogP contribution < -0.4 is 0 Å². The summed E-state index contributed by atoms with van der Waals surface area (Å²) in [7, 11) is -3.59. The molecule has 0 N–H and O–H groups in total. The summed E-state index contributed by atoms with van der Waals surface area (Å²) in [5, 5.41) is 10.1. The van der Waals surface area contributed by atoms with Gasteiger partial charge in [-0.05, 0) is 48.9 Å². The second-order valence-electron chi connectivity index (χ2n) is 7.18. The number of nitrogens with zero attached hydrogens (tertiary/aromatic N) is 3. The van der Waals surface area contributed by atoms with Gasteiger partial charge in [-0.15, -0.1) is 10.2 Å². The maximum atomic E-state index is 13.0. The van der Waals surface area contributed by atoms with E-state index in [0.29, 0.717) is 26.8 Å². The topological polar surface area (TPSA) is 64.8 Å². The van der Waals surface area contributed by atoms with Gasteiger partial charge in [-0.25, -0.2) is 8.42 Å². The standard InChI is InChI=1S/C23H19Cl2N3O2S2/c1-16-7-10-19(11-8-16)32(29,30)15-22-26-27-23(28(22)18-5-3-2-4-6-18)31-14-17-9-12-20(24)21(25)13-17/h2-13H,14-15H2,1H3. The Hall–Kier alpha value is -2.32. The Balaban J connectivity index is 1.66. The molecule has 0 saturated heterocycles. The van der Waals surface area contributed by atoms with Crippen LogP contribution in [-0.4, -0.2) is 23.2 Å². The molecular formula is C23H19Cl2N3O2S2. The van der Waals surface area contributed by atoms with Crippen molar-refractivity contribution < 1.29 is 8.42 Å². The molecule has 0 aliphatic carbocycles. The molecule has 0 aliphatic rings. The number of thioether (sulfide) groups is 1. The largest absolute Gasteiger partial charge is 0.273 e. The van der Waals surface area contributed by atoms with Crippen molar-refractivity contribution in [2.45, 2.75) is 28.5 Å². The molecule has 1 aromatic heterocycles. The lowest BCUT2D eigenvalue weighted by Gasteiger charge is -2.11. The minimum absolute atomic E-state index is 0.259. The summed E-state index contributed by atoms with van der Waals surface area (Å²) in [5.74, 6) is 0.672. The summed E-state index contributed by atoms with van der Waals surface area (Å²) >= 11 is 13.6. The molecule has 4 rings (SSSR count). The fourth-order valence-electron chi connectivity index (χ4n) is 3.10. The molecule has 0 saturated carbocycles. The van der Waals surface area contributed by atoms with Gasteiger partial charge in [-0.2, -0.15) is 0 Å². The van der Waals surface area contributed by atoms with Crippen LogP contribution in [0.15, 0.2) is 82.8 Å². The summed E-state index contributed by atoms with van der Waals surface area (Å²) in [4.78, 5) is 0.260. The molecule has 0 atom stereocenters. The smallest absolute Gasteiger partial charge is 0.196 e. The van der Waals surface area contributed by atoms with Crippen molar-refractivity contribution in [1.82, 2.24) is 14.8 Å². The number of aromatic nitrogens is 3. The van der Waals surface area contributed by atoms with Crippen LogP contribution in [0, 0.1) is 6.92 Å². The van der Waals surface area contributed by atoms with Crippen LogP contribution in [-0.2, 0) is 21.3 Å². The van der Waals surface area contributed by atoms with Gasteiger partial charge in [0.15, 0.2) is 20.8 Å². The van der Waals surface area contributed by atoms with E-state index >= 15 is 0 Å². The average molecular weight is 504 g/mol. The van der Waals surface area contributed by atoms with Crippen LogP contribution >= 0.6 is 35.0 Å². The predicted molar refractivity (Wildman–Crippen MR) is 129 cm³/mol. The molecule has 3 aromatic carbocycles. The summed E-state index contributed by atoms with van der Waals surface area (Å²) in [5.41, 5.74) is 2.77. The lowest BCUT2D eigenvalue weighted by Crippen LogP contribution is -2.11. The van der Waals surface area contributed by atoms with E-state index in [2.05, 4.69) is 10.2 Å². The third kappa shape index (κ3) is 5.18. The van der Waals surface area contributed by atoms with Gasteiger partial charge in [0.25, 0.3) is 0 Å². The van der Waals surface area contributed by atoms with Gasteiger partial charge in [0.1, 0.15) is 5.75 Å². The fraction of sp³-hybridized carbons (Fsp3) is 0.130. The number of hydrogen-bond acceptors (Lipinski definition) is 5. The molecule has 0 unspecified atom stereocenters. The first kappa shape index (κ1) is 22.9. The number of sulfone groups is 1. The molecule has 0 bridgehead atoms. The Kier molecular flexibility index (Phi) is 6.90. The van der Waals surface area contributed by atoms with Gasteiger partial charge in [0.2, 0.25) is 0 Å². The Labute approximate surface area is 201 Å². The number of rotatable bonds is 7. The highest BCUT2D eigenvalue weighted by Crippen LogP contribution is 2.29. The minimum atomic E-state index is -3.59. The molecule has 0 radical (unpaired) electrons. The summed E-state index contributed by atoms with van der Waals surface area (Å²) in [6.07, 6.45) is 0. The van der Waals surface area contributed by atoms with Crippen molar-refractivity contribution in [3.05, 3.63) is 99.8 Å². The molecule has 32 heavy (non-hydrogen) atoms. The van der Waals surface area contributed by atoms with E-state index in [9.17, 15) is 8.42 Å². The van der Waals surface area contributed by atoms with Crippen molar-refractivity contribution in [2.75, 3.05) is 0 Å². The SMILES string of the molecule is Cc1ccc(S(=O)(=O)Cc2nnc(SCc3ccc(Cl)c(Cl)c3)n2-c2ccccc2)cc1. The zero-order valence-electron chi connectivity index (χ0n) is 17.1. The molecule has 0 amide bonds. The summed E-state index contributed by atoms with van der Waals surface area (Å²) < 4.78 is 27.9. The van der Waals surface area contributed by atoms with Gasteiger partial charge in [-0.3, -0.25) is 4.57 Å². The molecule has 4 aromatic rings. The van der Waals surface area contributed by atoms with Crippen LogP contribution in [0.5, 0.6) is 0 Å². The summed E-state index contributed by atoms with van der Waals surface area (Å²) in [6.45, 7) is 1.92. The van der Waals surface area contributed by atoms with E-state index in [4.69, 9.17) is 23.2 Å². The van der Waals surface area contributed by atoms with E-state index in [-0.39, 0.29) is 10.6 Å². The van der Waals surface area contributed by atoms with Gasteiger partial charge in [0.05, 0.1) is 14.9 Å². The van der Waals surface area contributed by atoms with E-state index in [1.54, 1.807) is 34.9 Å². The van der Waals surface area contributed by atoms with Crippen LogP contribution in [0.1, 0.15) is 17.0 Å². The normalized spacial score (nSPS) is 11.6. The zero-order chi connectivity index (χ0) is 22.7. The van der Waals surface area contributed by atoms with Crippen LogP contribution in [0.2, 0.25) is 10.0 Å². The molecule has 1 heterocycles. The second-order valence-corrected chi connectivity index (χ2v) is 10.9. The predicted octanol–water partition coefficient (Wildman–Crippen LogP) is 6.15. The van der Waals surface area contributed by atoms with Crippen LogP contribution in [0.25, 0.3) is 5.69 Å². The molecule has 9 heteroatoms. The van der Waals surface area contributed by atoms with Crippen LogP contribution in [0.3, 0.4) is 0 Å². The van der Waals surface area contributed by atoms with Gasteiger partial charge >= 0.3 is 0 Å². The molecule has 5 nitrogen and oxygen atoms in total. The maximum Gasteiger partial charge on any atom is 0.196 e. The molecule has 0 fully saturated rings. The Bertz CT molecular complexity index is 1340. The average Bonchev–Trinajstić information content (AvgIpc) is 3.17. The van der Waals surface area contributed by atoms with E-state index < -0.39 is 9.84 Å². The number of aryl methyl sites for hydroxylation is 1. The van der Waals surface area contributed by atoms with E-state index in [1.807, 2.05) is 49.4 Å². The fourth-order valence-corrected chi connectivity index (χ4v) is 5.58. The highest BCUT2D eigenvalue weighted by atomic mass is 35.5. The zero-order valence-corrected chi connectivity index (χ0v) is 20.2. The molecular weight excluding hydrogens is 485 g/mol. The van der Waals surface area contributed by atoms with Gasteiger partial charge in [-0.1, -0.05) is 76.9 Å². The van der Waals surface area contributed by atoms with Gasteiger partial charge in [0, 0.05) is 11.4 Å². The lowest BCUT2D eigenvalue weighted by atomic mass is 10.2. The molecule has 164 valence electrons. The van der Waals surface area contributed by atoms with Crippen molar-refractivity contribution in [1.29, 1.82) is 0 Å². The highest BCUT2D eigenvalue weighted by Gasteiger charge is 2.22. The second kappa shape index (κ2) is 9.67. The minimum Gasteiger partial charge on any atom is -0.273 e. The highest BCUT2D eigenvalue weighted by molar-refractivity contribution is 7.98. The lowest BCUT2D eigenvalue weighted by molar-refractivity contribution is 0.593. The maximum absolute atomic E-state index is 13.0. The number of hydrogen-bond donors (Lipinski definition) is 0. The van der Waals surface area contributed by atoms with Crippen LogP contribution in [0.4, 0.5) is 0 Å². The Morgan fingerprint density at radius 3 is 2.31 bits per heavy atom. The monoisotopic (exact) mass is 503 g/mol. The first-order valence-corrected chi connectivity index (χ1v) is 13.1. The van der Waals surface area contributed by atoms with Crippen molar-refractivity contribution in [3.63, 3.8) is 0 Å². The third-order valence-electron chi connectivity index (χ3n) is 4.77. The molecule has 0 aliphatic heterocycles. The Morgan fingerprint density at radius 2 is 1.62 bits per heavy atom. The van der Waals surface area contributed by atoms with E-state index in [1.165, 1.54) is 11.8 Å². The van der Waals surface area contributed by atoms with Gasteiger partial charge < -0.3 is 0 Å².